The van der Waals surface area contributed by atoms with Crippen LogP contribution in [-0.4, -0.2) is 15.1 Å². The summed E-state index contributed by atoms with van der Waals surface area (Å²) in [5.74, 6) is 1.99. The molecule has 0 spiro atoms. The highest BCUT2D eigenvalue weighted by atomic mass is 15.2. The van der Waals surface area contributed by atoms with E-state index < -0.39 is 0 Å². The summed E-state index contributed by atoms with van der Waals surface area (Å²) in [4.78, 5) is 4.68. The predicted octanol–water partition coefficient (Wildman–Crippen LogP) is 3.89. The fourth-order valence-electron chi connectivity index (χ4n) is 6.56. The van der Waals surface area contributed by atoms with Gasteiger partial charge < -0.3 is 9.88 Å². The van der Waals surface area contributed by atoms with Crippen LogP contribution < -0.4 is 5.32 Å². The Kier molecular flexibility index (Phi) is 2.30. The first-order valence-electron chi connectivity index (χ1n) is 8.07. The van der Waals surface area contributed by atoms with Crippen molar-refractivity contribution in [3.8, 4) is 0 Å². The summed E-state index contributed by atoms with van der Waals surface area (Å²) >= 11 is 0. The normalized spacial score (nSPS) is 45.9. The van der Waals surface area contributed by atoms with Crippen LogP contribution in [0.2, 0.25) is 0 Å². The number of aryl methyl sites for hydroxylation is 2. The second-order valence-electron chi connectivity index (χ2n) is 8.85. The zero-order valence-electron chi connectivity index (χ0n) is 13.3. The molecule has 0 aliphatic heterocycles. The predicted molar refractivity (Wildman–Crippen MR) is 81.7 cm³/mol. The Hall–Kier alpha value is -0.990. The van der Waals surface area contributed by atoms with Crippen LogP contribution in [0, 0.1) is 23.7 Å². The topological polar surface area (TPSA) is 29.9 Å². The quantitative estimate of drug-likeness (QED) is 0.886. The van der Waals surface area contributed by atoms with E-state index in [9.17, 15) is 0 Å². The van der Waals surface area contributed by atoms with Crippen LogP contribution >= 0.6 is 0 Å². The van der Waals surface area contributed by atoms with Crippen molar-refractivity contribution in [1.29, 1.82) is 0 Å². The Morgan fingerprint density at radius 1 is 1.15 bits per heavy atom. The highest BCUT2D eigenvalue weighted by Gasteiger charge is 2.60. The van der Waals surface area contributed by atoms with Crippen LogP contribution in [0.3, 0.4) is 0 Å². The second kappa shape index (κ2) is 3.61. The molecule has 0 aromatic carbocycles. The standard InChI is InChI=1S/C17H27N3/c1-12-8-20(4)14(18-12)19-17-7-13-5-15(2,10-17)9-16(3,6-13)11-17/h8,13H,5-7,9-11H2,1-4H3,(H,18,19). The number of anilines is 1. The summed E-state index contributed by atoms with van der Waals surface area (Å²) in [5.41, 5.74) is 2.52. The van der Waals surface area contributed by atoms with Gasteiger partial charge in [-0.2, -0.15) is 0 Å². The van der Waals surface area contributed by atoms with Crippen molar-refractivity contribution in [2.75, 3.05) is 5.32 Å². The van der Waals surface area contributed by atoms with E-state index in [1.807, 2.05) is 0 Å². The third-order valence-corrected chi connectivity index (χ3v) is 6.00. The van der Waals surface area contributed by atoms with Gasteiger partial charge in [0, 0.05) is 18.8 Å². The zero-order chi connectivity index (χ0) is 14.2. The maximum atomic E-state index is 4.68. The third-order valence-electron chi connectivity index (χ3n) is 6.00. The molecule has 4 aliphatic rings. The minimum atomic E-state index is 0.300. The molecule has 5 rings (SSSR count). The van der Waals surface area contributed by atoms with Gasteiger partial charge in [0.1, 0.15) is 0 Å². The first kappa shape index (κ1) is 12.7. The van der Waals surface area contributed by atoms with Crippen molar-refractivity contribution in [2.45, 2.75) is 64.8 Å². The van der Waals surface area contributed by atoms with Crippen LogP contribution in [0.4, 0.5) is 5.95 Å². The van der Waals surface area contributed by atoms with E-state index in [-0.39, 0.29) is 0 Å². The lowest BCUT2D eigenvalue weighted by atomic mass is 9.43. The van der Waals surface area contributed by atoms with Gasteiger partial charge in [-0.25, -0.2) is 4.98 Å². The molecule has 3 heteroatoms. The largest absolute Gasteiger partial charge is 0.350 e. The average molecular weight is 273 g/mol. The Morgan fingerprint density at radius 2 is 1.80 bits per heavy atom. The van der Waals surface area contributed by atoms with Crippen LogP contribution in [0.5, 0.6) is 0 Å². The van der Waals surface area contributed by atoms with Gasteiger partial charge in [0.2, 0.25) is 5.95 Å². The van der Waals surface area contributed by atoms with Gasteiger partial charge >= 0.3 is 0 Å². The minimum absolute atomic E-state index is 0.300. The monoisotopic (exact) mass is 273 g/mol. The van der Waals surface area contributed by atoms with E-state index in [2.05, 4.69) is 48.9 Å². The highest BCUT2D eigenvalue weighted by molar-refractivity contribution is 5.35. The van der Waals surface area contributed by atoms with Gasteiger partial charge in [0.25, 0.3) is 0 Å². The van der Waals surface area contributed by atoms with Gasteiger partial charge in [-0.15, -0.1) is 0 Å². The number of nitrogens with zero attached hydrogens (tertiary/aromatic N) is 2. The lowest BCUT2D eigenvalue weighted by Gasteiger charge is -2.65. The molecule has 2 unspecified atom stereocenters. The summed E-state index contributed by atoms with van der Waals surface area (Å²) in [6.45, 7) is 7.12. The molecule has 0 amide bonds. The molecule has 4 saturated carbocycles. The van der Waals surface area contributed by atoms with Crippen LogP contribution in [-0.2, 0) is 7.05 Å². The number of aromatic nitrogens is 2. The summed E-state index contributed by atoms with van der Waals surface area (Å²) in [5, 5.41) is 3.88. The van der Waals surface area contributed by atoms with E-state index in [1.165, 1.54) is 38.5 Å². The third kappa shape index (κ3) is 1.82. The highest BCUT2D eigenvalue weighted by Crippen LogP contribution is 2.66. The number of hydrogen-bond donors (Lipinski definition) is 1. The molecule has 1 aromatic rings. The molecule has 110 valence electrons. The Morgan fingerprint density at radius 3 is 2.30 bits per heavy atom. The molecular weight excluding hydrogens is 246 g/mol. The lowest BCUT2D eigenvalue weighted by molar-refractivity contribution is -0.0975. The van der Waals surface area contributed by atoms with Crippen LogP contribution in [0.15, 0.2) is 6.20 Å². The lowest BCUT2D eigenvalue weighted by Crippen LogP contribution is -2.61. The van der Waals surface area contributed by atoms with E-state index in [4.69, 9.17) is 0 Å². The molecule has 1 N–H and O–H groups in total. The summed E-state index contributed by atoms with van der Waals surface area (Å²) in [6, 6.07) is 0. The molecule has 4 aliphatic carbocycles. The molecule has 1 heterocycles. The van der Waals surface area contributed by atoms with Crippen molar-refractivity contribution in [3.05, 3.63) is 11.9 Å². The molecule has 4 bridgehead atoms. The van der Waals surface area contributed by atoms with Gasteiger partial charge in [-0.05, 0) is 62.2 Å². The molecule has 2 atom stereocenters. The summed E-state index contributed by atoms with van der Waals surface area (Å²) in [7, 11) is 2.10. The van der Waals surface area contributed by atoms with Crippen molar-refractivity contribution in [1.82, 2.24) is 9.55 Å². The molecule has 0 radical (unpaired) electrons. The Bertz CT molecular complexity index is 541. The van der Waals surface area contributed by atoms with Crippen LogP contribution in [0.25, 0.3) is 0 Å². The average Bonchev–Trinajstić information content (AvgIpc) is 2.50. The smallest absolute Gasteiger partial charge is 0.203 e. The van der Waals surface area contributed by atoms with Crippen molar-refractivity contribution < 1.29 is 0 Å². The first-order chi connectivity index (χ1) is 9.29. The number of rotatable bonds is 2. The van der Waals surface area contributed by atoms with E-state index in [0.717, 1.165) is 17.6 Å². The Balaban J connectivity index is 1.69. The zero-order valence-corrected chi connectivity index (χ0v) is 13.3. The molecule has 0 saturated heterocycles. The number of nitrogens with one attached hydrogen (secondary N) is 1. The first-order valence-corrected chi connectivity index (χ1v) is 8.07. The number of imidazole rings is 1. The fraction of sp³-hybridized carbons (Fsp3) is 0.824. The summed E-state index contributed by atoms with van der Waals surface area (Å²) in [6.07, 6.45) is 10.5. The maximum absolute atomic E-state index is 4.68. The Labute approximate surface area is 122 Å². The molecule has 3 nitrogen and oxygen atoms in total. The van der Waals surface area contributed by atoms with Gasteiger partial charge in [0.15, 0.2) is 0 Å². The van der Waals surface area contributed by atoms with Crippen molar-refractivity contribution in [3.63, 3.8) is 0 Å². The van der Waals surface area contributed by atoms with Crippen molar-refractivity contribution >= 4 is 5.95 Å². The molecule has 20 heavy (non-hydrogen) atoms. The van der Waals surface area contributed by atoms with Crippen molar-refractivity contribution in [2.24, 2.45) is 23.8 Å². The van der Waals surface area contributed by atoms with Gasteiger partial charge in [0.05, 0.1) is 5.69 Å². The number of hydrogen-bond acceptors (Lipinski definition) is 2. The van der Waals surface area contributed by atoms with E-state index >= 15 is 0 Å². The summed E-state index contributed by atoms with van der Waals surface area (Å²) < 4.78 is 2.15. The molecule has 1 aromatic heterocycles. The molecular formula is C17H27N3. The van der Waals surface area contributed by atoms with Gasteiger partial charge in [-0.3, -0.25) is 0 Å². The van der Waals surface area contributed by atoms with Crippen LogP contribution in [0.1, 0.15) is 58.1 Å². The van der Waals surface area contributed by atoms with E-state index in [1.54, 1.807) is 0 Å². The van der Waals surface area contributed by atoms with E-state index in [0.29, 0.717) is 16.4 Å². The SMILES string of the molecule is Cc1cn(C)c(NC23CC4CC(C)(CC(C)(C4)C2)C3)n1. The van der Waals surface area contributed by atoms with Gasteiger partial charge in [-0.1, -0.05) is 13.8 Å². The minimum Gasteiger partial charge on any atom is -0.350 e. The second-order valence-corrected chi connectivity index (χ2v) is 8.85. The molecule has 4 fully saturated rings. The fourth-order valence-corrected chi connectivity index (χ4v) is 6.56. The maximum Gasteiger partial charge on any atom is 0.203 e.